The zero-order valence-corrected chi connectivity index (χ0v) is 12.9. The highest BCUT2D eigenvalue weighted by molar-refractivity contribution is 5.71. The van der Waals surface area contributed by atoms with Gasteiger partial charge in [0.2, 0.25) is 0 Å². The number of hydrogen-bond acceptors (Lipinski definition) is 4. The van der Waals surface area contributed by atoms with E-state index < -0.39 is 0 Å². The van der Waals surface area contributed by atoms with Gasteiger partial charge in [0, 0.05) is 18.7 Å². The molecule has 118 valence electrons. The van der Waals surface area contributed by atoms with Crippen LogP contribution in [0.15, 0.2) is 42.6 Å². The second kappa shape index (κ2) is 6.01. The molecule has 0 spiro atoms. The van der Waals surface area contributed by atoms with Gasteiger partial charge in [-0.2, -0.15) is 0 Å². The number of hydrogen-bond donors (Lipinski definition) is 2. The lowest BCUT2D eigenvalue weighted by molar-refractivity contribution is 0.437. The number of phenols is 1. The standard InChI is InChI=1S/C18H20N4O/c23-15-6-1-4-13(10-15)12-22-17(14-5-2-8-19-11-14)21-16-7-3-9-20-18(16)22/h1,3-4,6-7,9-10,14,19,23H,2,5,8,11-12H2. The number of piperidine rings is 1. The van der Waals surface area contributed by atoms with Gasteiger partial charge in [0.05, 0.1) is 6.54 Å². The Morgan fingerprint density at radius 2 is 2.22 bits per heavy atom. The first kappa shape index (κ1) is 14.2. The van der Waals surface area contributed by atoms with Crippen LogP contribution in [0.2, 0.25) is 0 Å². The Labute approximate surface area is 135 Å². The van der Waals surface area contributed by atoms with E-state index in [0.29, 0.717) is 18.2 Å². The fourth-order valence-corrected chi connectivity index (χ4v) is 3.35. The van der Waals surface area contributed by atoms with E-state index in [2.05, 4.69) is 14.9 Å². The number of pyridine rings is 1. The molecule has 4 rings (SSSR count). The van der Waals surface area contributed by atoms with Crippen molar-refractivity contribution in [2.75, 3.05) is 13.1 Å². The molecule has 0 saturated carbocycles. The first-order chi connectivity index (χ1) is 11.3. The molecule has 0 aliphatic carbocycles. The summed E-state index contributed by atoms with van der Waals surface area (Å²) in [5.41, 5.74) is 2.91. The molecular weight excluding hydrogens is 288 g/mol. The molecule has 1 atom stereocenters. The molecule has 23 heavy (non-hydrogen) atoms. The monoisotopic (exact) mass is 308 g/mol. The smallest absolute Gasteiger partial charge is 0.160 e. The van der Waals surface area contributed by atoms with Crippen molar-refractivity contribution in [3.05, 3.63) is 54.0 Å². The van der Waals surface area contributed by atoms with Crippen molar-refractivity contribution in [3.63, 3.8) is 0 Å². The van der Waals surface area contributed by atoms with E-state index in [9.17, 15) is 5.11 Å². The average Bonchev–Trinajstić information content (AvgIpc) is 2.95. The SMILES string of the molecule is Oc1cccc(Cn2c(C3CCCNC3)nc3cccnc32)c1. The Kier molecular flexibility index (Phi) is 3.71. The Bertz CT molecular complexity index is 821. The molecule has 5 heteroatoms. The summed E-state index contributed by atoms with van der Waals surface area (Å²) in [5.74, 6) is 1.80. The minimum atomic E-state index is 0.292. The normalized spacial score (nSPS) is 18.3. The molecule has 1 unspecified atom stereocenters. The molecule has 2 aromatic heterocycles. The van der Waals surface area contributed by atoms with Crippen LogP contribution in [0.25, 0.3) is 11.2 Å². The minimum absolute atomic E-state index is 0.292. The molecular formula is C18H20N4O. The lowest BCUT2D eigenvalue weighted by Crippen LogP contribution is -2.30. The fraction of sp³-hybridized carbons (Fsp3) is 0.333. The Hall–Kier alpha value is -2.40. The number of imidazole rings is 1. The highest BCUT2D eigenvalue weighted by atomic mass is 16.3. The lowest BCUT2D eigenvalue weighted by atomic mass is 9.99. The molecule has 1 aromatic carbocycles. The van der Waals surface area contributed by atoms with Gasteiger partial charge in [0.25, 0.3) is 0 Å². The van der Waals surface area contributed by atoms with E-state index in [4.69, 9.17) is 4.98 Å². The zero-order valence-electron chi connectivity index (χ0n) is 12.9. The van der Waals surface area contributed by atoms with E-state index in [0.717, 1.165) is 42.1 Å². The van der Waals surface area contributed by atoms with Crippen LogP contribution in [-0.2, 0) is 6.54 Å². The number of aromatic nitrogens is 3. The van der Waals surface area contributed by atoms with Crippen LogP contribution in [0.5, 0.6) is 5.75 Å². The van der Waals surface area contributed by atoms with Crippen molar-refractivity contribution in [1.82, 2.24) is 19.9 Å². The van der Waals surface area contributed by atoms with Gasteiger partial charge >= 0.3 is 0 Å². The van der Waals surface area contributed by atoms with Crippen molar-refractivity contribution in [1.29, 1.82) is 0 Å². The predicted octanol–water partition coefficient (Wildman–Crippen LogP) is 2.65. The summed E-state index contributed by atoms with van der Waals surface area (Å²) < 4.78 is 2.20. The number of benzene rings is 1. The van der Waals surface area contributed by atoms with Crippen LogP contribution in [0, 0.1) is 0 Å². The summed E-state index contributed by atoms with van der Waals surface area (Å²) in [6, 6.07) is 11.3. The van der Waals surface area contributed by atoms with Crippen LogP contribution in [0.3, 0.4) is 0 Å². The van der Waals surface area contributed by atoms with Gasteiger partial charge in [0.1, 0.15) is 17.1 Å². The van der Waals surface area contributed by atoms with Gasteiger partial charge in [-0.15, -0.1) is 0 Å². The molecule has 1 saturated heterocycles. The van der Waals surface area contributed by atoms with E-state index >= 15 is 0 Å². The van der Waals surface area contributed by atoms with Gasteiger partial charge in [0.15, 0.2) is 5.65 Å². The highest BCUT2D eigenvalue weighted by Gasteiger charge is 2.22. The van der Waals surface area contributed by atoms with Gasteiger partial charge < -0.3 is 15.0 Å². The van der Waals surface area contributed by atoms with Crippen molar-refractivity contribution in [2.24, 2.45) is 0 Å². The van der Waals surface area contributed by atoms with E-state index in [1.165, 1.54) is 6.42 Å². The zero-order chi connectivity index (χ0) is 15.6. The summed E-state index contributed by atoms with van der Waals surface area (Å²) >= 11 is 0. The lowest BCUT2D eigenvalue weighted by Gasteiger charge is -2.23. The third-order valence-electron chi connectivity index (χ3n) is 4.45. The number of aromatic hydroxyl groups is 1. The second-order valence-electron chi connectivity index (χ2n) is 6.12. The van der Waals surface area contributed by atoms with Crippen molar-refractivity contribution >= 4 is 11.2 Å². The fourth-order valence-electron chi connectivity index (χ4n) is 3.35. The topological polar surface area (TPSA) is 63.0 Å². The molecule has 1 aliphatic rings. The molecule has 1 aliphatic heterocycles. The Morgan fingerprint density at radius 1 is 1.26 bits per heavy atom. The van der Waals surface area contributed by atoms with Crippen molar-refractivity contribution in [2.45, 2.75) is 25.3 Å². The summed E-state index contributed by atoms with van der Waals surface area (Å²) in [7, 11) is 0. The average molecular weight is 308 g/mol. The first-order valence-corrected chi connectivity index (χ1v) is 8.11. The van der Waals surface area contributed by atoms with E-state index in [1.54, 1.807) is 12.1 Å². The quantitative estimate of drug-likeness (QED) is 0.781. The van der Waals surface area contributed by atoms with Crippen molar-refractivity contribution < 1.29 is 5.11 Å². The van der Waals surface area contributed by atoms with Gasteiger partial charge in [-0.05, 0) is 49.2 Å². The minimum Gasteiger partial charge on any atom is -0.508 e. The van der Waals surface area contributed by atoms with E-state index in [-0.39, 0.29) is 0 Å². The number of nitrogens with zero attached hydrogens (tertiary/aromatic N) is 3. The number of phenolic OH excluding ortho intramolecular Hbond substituents is 1. The summed E-state index contributed by atoms with van der Waals surface area (Å²) in [6.07, 6.45) is 4.13. The third kappa shape index (κ3) is 2.80. The Morgan fingerprint density at radius 3 is 3.04 bits per heavy atom. The van der Waals surface area contributed by atoms with Crippen LogP contribution < -0.4 is 5.32 Å². The molecule has 2 N–H and O–H groups in total. The van der Waals surface area contributed by atoms with Gasteiger partial charge in [-0.1, -0.05) is 12.1 Å². The molecule has 0 radical (unpaired) electrons. The largest absolute Gasteiger partial charge is 0.508 e. The van der Waals surface area contributed by atoms with E-state index in [1.807, 2.05) is 30.5 Å². The highest BCUT2D eigenvalue weighted by Crippen LogP contribution is 2.27. The number of nitrogens with one attached hydrogen (secondary N) is 1. The maximum absolute atomic E-state index is 9.72. The third-order valence-corrected chi connectivity index (χ3v) is 4.45. The van der Waals surface area contributed by atoms with Crippen molar-refractivity contribution in [3.8, 4) is 5.75 Å². The maximum atomic E-state index is 9.72. The van der Waals surface area contributed by atoms with Crippen LogP contribution in [0.4, 0.5) is 0 Å². The molecule has 0 bridgehead atoms. The van der Waals surface area contributed by atoms with Crippen LogP contribution in [0.1, 0.15) is 30.1 Å². The van der Waals surface area contributed by atoms with Crippen LogP contribution >= 0.6 is 0 Å². The molecule has 1 fully saturated rings. The molecule has 5 nitrogen and oxygen atoms in total. The number of rotatable bonds is 3. The molecule has 3 aromatic rings. The molecule has 0 amide bonds. The second-order valence-corrected chi connectivity index (χ2v) is 6.12. The number of fused-ring (bicyclic) bond motifs is 1. The summed E-state index contributed by atoms with van der Waals surface area (Å²) in [4.78, 5) is 9.39. The Balaban J connectivity index is 1.79. The first-order valence-electron chi connectivity index (χ1n) is 8.11. The summed E-state index contributed by atoms with van der Waals surface area (Å²) in [6.45, 7) is 2.72. The van der Waals surface area contributed by atoms with Gasteiger partial charge in [-0.3, -0.25) is 0 Å². The predicted molar refractivity (Wildman–Crippen MR) is 89.6 cm³/mol. The maximum Gasteiger partial charge on any atom is 0.160 e. The summed E-state index contributed by atoms with van der Waals surface area (Å²) in [5, 5.41) is 13.2. The van der Waals surface area contributed by atoms with Crippen LogP contribution in [-0.4, -0.2) is 32.7 Å². The van der Waals surface area contributed by atoms with Gasteiger partial charge in [-0.25, -0.2) is 9.97 Å². The molecule has 3 heterocycles.